The molecule has 0 spiro atoms. The molecule has 84 valence electrons. The maximum Gasteiger partial charge on any atom is 0.330 e. The zero-order valence-corrected chi connectivity index (χ0v) is 9.20. The minimum atomic E-state index is -0.454. The molecule has 0 saturated heterocycles. The van der Waals surface area contributed by atoms with E-state index < -0.39 is 11.2 Å². The molecule has 0 unspecified atom stereocenters. The Morgan fingerprint density at radius 1 is 1.40 bits per heavy atom. The van der Waals surface area contributed by atoms with Gasteiger partial charge in [0.25, 0.3) is 5.56 Å². The zero-order valence-electron chi connectivity index (χ0n) is 9.20. The van der Waals surface area contributed by atoms with Crippen LogP contribution >= 0.6 is 0 Å². The first-order valence-corrected chi connectivity index (χ1v) is 4.79. The van der Waals surface area contributed by atoms with Crippen molar-refractivity contribution < 1.29 is 0 Å². The van der Waals surface area contributed by atoms with Gasteiger partial charge in [-0.3, -0.25) is 14.3 Å². The Bertz CT molecular complexity index is 458. The quantitative estimate of drug-likeness (QED) is 0.713. The van der Waals surface area contributed by atoms with Crippen LogP contribution in [0.25, 0.3) is 0 Å². The van der Waals surface area contributed by atoms with Crippen molar-refractivity contribution in [1.82, 2.24) is 9.55 Å². The molecule has 0 saturated carbocycles. The molecule has 6 heteroatoms. The SMILES string of the molecule is CCCn1c(N)c(N(C)C)c(=O)[nH]c1=O. The number of nitrogens with two attached hydrogens (primary N) is 1. The summed E-state index contributed by atoms with van der Waals surface area (Å²) in [5, 5.41) is 0. The predicted molar refractivity (Wildman–Crippen MR) is 60.4 cm³/mol. The summed E-state index contributed by atoms with van der Waals surface area (Å²) in [7, 11) is 3.42. The lowest BCUT2D eigenvalue weighted by atomic mass is 10.4. The lowest BCUT2D eigenvalue weighted by Crippen LogP contribution is -2.35. The first kappa shape index (κ1) is 11.4. The Morgan fingerprint density at radius 2 is 2.00 bits per heavy atom. The molecule has 0 radical (unpaired) electrons. The van der Waals surface area contributed by atoms with Crippen LogP contribution in [0.2, 0.25) is 0 Å². The highest BCUT2D eigenvalue weighted by molar-refractivity contribution is 5.61. The fourth-order valence-corrected chi connectivity index (χ4v) is 1.46. The third-order valence-corrected chi connectivity index (χ3v) is 2.11. The van der Waals surface area contributed by atoms with E-state index in [-0.39, 0.29) is 5.82 Å². The van der Waals surface area contributed by atoms with Gasteiger partial charge in [0.05, 0.1) is 0 Å². The van der Waals surface area contributed by atoms with Crippen molar-refractivity contribution >= 4 is 11.5 Å². The number of aromatic nitrogens is 2. The van der Waals surface area contributed by atoms with Gasteiger partial charge in [-0.25, -0.2) is 4.79 Å². The van der Waals surface area contributed by atoms with Crippen LogP contribution in [0.3, 0.4) is 0 Å². The topological polar surface area (TPSA) is 84.1 Å². The minimum Gasteiger partial charge on any atom is -0.383 e. The van der Waals surface area contributed by atoms with Crippen molar-refractivity contribution in [2.75, 3.05) is 24.7 Å². The second-order valence-corrected chi connectivity index (χ2v) is 3.54. The van der Waals surface area contributed by atoms with Gasteiger partial charge in [-0.2, -0.15) is 0 Å². The van der Waals surface area contributed by atoms with E-state index in [0.717, 1.165) is 6.42 Å². The third-order valence-electron chi connectivity index (χ3n) is 2.11. The van der Waals surface area contributed by atoms with Gasteiger partial charge in [0.1, 0.15) is 11.5 Å². The summed E-state index contributed by atoms with van der Waals surface area (Å²) in [4.78, 5) is 26.7. The van der Waals surface area contributed by atoms with Crippen LogP contribution in [-0.4, -0.2) is 23.6 Å². The van der Waals surface area contributed by atoms with Crippen molar-refractivity contribution in [1.29, 1.82) is 0 Å². The van der Waals surface area contributed by atoms with E-state index in [9.17, 15) is 9.59 Å². The standard InChI is InChI=1S/C9H16N4O2/c1-4-5-13-7(10)6(12(2)3)8(14)11-9(13)15/h4-5,10H2,1-3H3,(H,11,14,15). The number of nitrogens with one attached hydrogen (secondary N) is 1. The average Bonchev–Trinajstić information content (AvgIpc) is 2.11. The smallest absolute Gasteiger partial charge is 0.330 e. The third kappa shape index (κ3) is 2.03. The number of anilines is 2. The number of nitrogens with zero attached hydrogens (tertiary/aromatic N) is 2. The molecule has 3 N–H and O–H groups in total. The highest BCUT2D eigenvalue weighted by Crippen LogP contribution is 2.12. The highest BCUT2D eigenvalue weighted by atomic mass is 16.2. The van der Waals surface area contributed by atoms with E-state index in [1.165, 1.54) is 4.57 Å². The molecule has 0 aliphatic rings. The van der Waals surface area contributed by atoms with Crippen molar-refractivity contribution in [2.24, 2.45) is 0 Å². The van der Waals surface area contributed by atoms with Crippen LogP contribution < -0.4 is 21.9 Å². The Hall–Kier alpha value is -1.72. The Labute approximate surface area is 87.3 Å². The van der Waals surface area contributed by atoms with Crippen LogP contribution in [-0.2, 0) is 6.54 Å². The predicted octanol–water partition coefficient (Wildman–Crippen LogP) is -0.405. The Balaban J connectivity index is 3.49. The van der Waals surface area contributed by atoms with Gasteiger partial charge in [0.2, 0.25) is 0 Å². The van der Waals surface area contributed by atoms with Gasteiger partial charge in [0.15, 0.2) is 0 Å². The molecule has 6 nitrogen and oxygen atoms in total. The monoisotopic (exact) mass is 212 g/mol. The summed E-state index contributed by atoms with van der Waals surface area (Å²) in [5.74, 6) is 0.218. The molecular formula is C9H16N4O2. The fraction of sp³-hybridized carbons (Fsp3) is 0.556. The second kappa shape index (κ2) is 4.20. The number of aromatic amines is 1. The number of nitrogen functional groups attached to an aromatic ring is 1. The van der Waals surface area contributed by atoms with Crippen molar-refractivity contribution in [2.45, 2.75) is 19.9 Å². The maximum absolute atomic E-state index is 11.5. The summed E-state index contributed by atoms with van der Waals surface area (Å²) in [6.45, 7) is 2.44. The summed E-state index contributed by atoms with van der Waals surface area (Å²) >= 11 is 0. The number of hydrogen-bond acceptors (Lipinski definition) is 4. The minimum absolute atomic E-state index is 0.218. The first-order chi connectivity index (χ1) is 6.99. The Kier molecular flexibility index (Phi) is 3.18. The largest absolute Gasteiger partial charge is 0.383 e. The zero-order chi connectivity index (χ0) is 11.6. The van der Waals surface area contributed by atoms with Gasteiger partial charge in [0, 0.05) is 20.6 Å². The Morgan fingerprint density at radius 3 is 2.47 bits per heavy atom. The summed E-state index contributed by atoms with van der Waals surface area (Å²) in [6, 6.07) is 0. The molecule has 1 aromatic rings. The van der Waals surface area contributed by atoms with E-state index in [1.54, 1.807) is 19.0 Å². The van der Waals surface area contributed by atoms with Crippen LogP contribution in [0.4, 0.5) is 11.5 Å². The molecule has 0 amide bonds. The van der Waals surface area contributed by atoms with Crippen molar-refractivity contribution in [3.8, 4) is 0 Å². The van der Waals surface area contributed by atoms with Crippen LogP contribution in [0.15, 0.2) is 9.59 Å². The molecule has 0 aliphatic heterocycles. The lowest BCUT2D eigenvalue weighted by molar-refractivity contribution is 0.641. The molecular weight excluding hydrogens is 196 g/mol. The van der Waals surface area contributed by atoms with Crippen LogP contribution in [0.5, 0.6) is 0 Å². The molecule has 1 heterocycles. The fourth-order valence-electron chi connectivity index (χ4n) is 1.46. The summed E-state index contributed by atoms with van der Waals surface area (Å²) in [6.07, 6.45) is 0.781. The summed E-state index contributed by atoms with van der Waals surface area (Å²) < 4.78 is 1.37. The first-order valence-electron chi connectivity index (χ1n) is 4.79. The average molecular weight is 212 g/mol. The van der Waals surface area contributed by atoms with Crippen molar-refractivity contribution in [3.05, 3.63) is 20.8 Å². The van der Waals surface area contributed by atoms with E-state index >= 15 is 0 Å². The van der Waals surface area contributed by atoms with E-state index in [0.29, 0.717) is 12.2 Å². The van der Waals surface area contributed by atoms with Gasteiger partial charge in [-0.1, -0.05) is 6.92 Å². The number of rotatable bonds is 3. The maximum atomic E-state index is 11.5. The molecule has 1 aromatic heterocycles. The lowest BCUT2D eigenvalue weighted by Gasteiger charge is -2.16. The van der Waals surface area contributed by atoms with E-state index in [1.807, 2.05) is 6.92 Å². The normalized spacial score (nSPS) is 10.3. The summed E-state index contributed by atoms with van der Waals surface area (Å²) in [5.41, 5.74) is 5.19. The van der Waals surface area contributed by atoms with E-state index in [2.05, 4.69) is 4.98 Å². The molecule has 0 aromatic carbocycles. The van der Waals surface area contributed by atoms with Gasteiger partial charge < -0.3 is 10.6 Å². The number of hydrogen-bond donors (Lipinski definition) is 2. The van der Waals surface area contributed by atoms with E-state index in [4.69, 9.17) is 5.73 Å². The molecule has 15 heavy (non-hydrogen) atoms. The molecule has 0 aliphatic carbocycles. The second-order valence-electron chi connectivity index (χ2n) is 3.54. The van der Waals surface area contributed by atoms with Gasteiger partial charge in [-0.05, 0) is 6.42 Å². The van der Waals surface area contributed by atoms with Crippen LogP contribution in [0.1, 0.15) is 13.3 Å². The van der Waals surface area contributed by atoms with Crippen LogP contribution in [0, 0.1) is 0 Å². The molecule has 1 rings (SSSR count). The molecule has 0 bridgehead atoms. The number of H-pyrrole nitrogens is 1. The van der Waals surface area contributed by atoms with Gasteiger partial charge >= 0.3 is 5.69 Å². The molecule has 0 atom stereocenters. The van der Waals surface area contributed by atoms with Gasteiger partial charge in [-0.15, -0.1) is 0 Å². The highest BCUT2D eigenvalue weighted by Gasteiger charge is 2.12. The van der Waals surface area contributed by atoms with Crippen molar-refractivity contribution in [3.63, 3.8) is 0 Å². The molecule has 0 fully saturated rings.